The Hall–Kier alpha value is -3.97. The molecule has 0 spiro atoms. The number of aromatic nitrogens is 2. The van der Waals surface area contributed by atoms with Gasteiger partial charge in [-0.05, 0) is 42.3 Å². The number of hydrogen-bond donors (Lipinski definition) is 2. The van der Waals surface area contributed by atoms with E-state index in [0.29, 0.717) is 18.7 Å². The van der Waals surface area contributed by atoms with E-state index in [4.69, 9.17) is 4.84 Å². The Morgan fingerprint density at radius 3 is 2.62 bits per heavy atom. The van der Waals surface area contributed by atoms with Crippen molar-refractivity contribution in [3.63, 3.8) is 0 Å². The van der Waals surface area contributed by atoms with Crippen molar-refractivity contribution < 1.29 is 27.2 Å². The molecule has 212 valence electrons. The number of anilines is 2. The molecule has 1 aromatic heterocycles. The smallest absolute Gasteiger partial charge is 0.281 e. The predicted molar refractivity (Wildman–Crippen MR) is 154 cm³/mol. The molecule has 1 aliphatic heterocycles. The quantitative estimate of drug-likeness (QED) is 0.206. The number of hydroxylamine groups is 1. The van der Waals surface area contributed by atoms with E-state index in [1.54, 1.807) is 26.4 Å². The molecule has 3 aromatic rings. The topological polar surface area (TPSA) is 123 Å². The van der Waals surface area contributed by atoms with Gasteiger partial charge in [0.1, 0.15) is 5.82 Å². The second kappa shape index (κ2) is 12.0. The molecule has 0 saturated heterocycles. The second-order valence-electron chi connectivity index (χ2n) is 9.28. The van der Waals surface area contributed by atoms with Crippen LogP contribution in [0.25, 0.3) is 17.1 Å². The number of nitrogens with zero attached hydrogens (tertiary/aromatic N) is 4. The zero-order valence-electron chi connectivity index (χ0n) is 23.0. The minimum atomic E-state index is -4.34. The molecule has 11 nitrogen and oxygen atoms in total. The summed E-state index contributed by atoms with van der Waals surface area (Å²) in [5, 5.41) is 2.65. The van der Waals surface area contributed by atoms with Gasteiger partial charge in [-0.15, -0.1) is 0 Å². The van der Waals surface area contributed by atoms with Crippen LogP contribution in [-0.2, 0) is 35.7 Å². The molecule has 0 aliphatic carbocycles. The number of hydrogen-bond acceptors (Lipinski definition) is 8. The van der Waals surface area contributed by atoms with Crippen molar-refractivity contribution in [2.45, 2.75) is 13.0 Å². The van der Waals surface area contributed by atoms with Gasteiger partial charge in [0.05, 0.1) is 42.2 Å². The number of amides is 1. The molecular formula is C28H34N6O5S. The first-order valence-electron chi connectivity index (χ1n) is 12.7. The SMILES string of the molecule is C=CN1/C(=C\C=C\c2n(C)c3cc(C(=O)NC)ccc3[n+]2C)N(CCCS(=O)(=O)[O-])c2cc(CONC)ccc21. The molecule has 1 aliphatic rings. The van der Waals surface area contributed by atoms with Gasteiger partial charge in [-0.25, -0.2) is 23.0 Å². The number of imidazole rings is 1. The molecule has 2 aromatic carbocycles. The molecule has 4 rings (SSSR count). The maximum absolute atomic E-state index is 12.1. The van der Waals surface area contributed by atoms with Crippen molar-refractivity contribution in [2.24, 2.45) is 14.1 Å². The highest BCUT2D eigenvalue weighted by Gasteiger charge is 2.30. The Balaban J connectivity index is 1.71. The lowest BCUT2D eigenvalue weighted by Crippen LogP contribution is -2.30. The molecule has 40 heavy (non-hydrogen) atoms. The van der Waals surface area contributed by atoms with Gasteiger partial charge in [-0.1, -0.05) is 18.7 Å². The van der Waals surface area contributed by atoms with E-state index in [0.717, 1.165) is 39.6 Å². The van der Waals surface area contributed by atoms with Crippen LogP contribution in [0.5, 0.6) is 0 Å². The summed E-state index contributed by atoms with van der Waals surface area (Å²) in [6.07, 6.45) is 7.66. The highest BCUT2D eigenvalue weighted by Crippen LogP contribution is 2.42. The van der Waals surface area contributed by atoms with Gasteiger partial charge >= 0.3 is 0 Å². The van der Waals surface area contributed by atoms with Crippen molar-refractivity contribution in [3.05, 3.63) is 84.1 Å². The van der Waals surface area contributed by atoms with Crippen molar-refractivity contribution in [2.75, 3.05) is 36.2 Å². The average Bonchev–Trinajstić information content (AvgIpc) is 3.35. The third kappa shape index (κ3) is 5.94. The summed E-state index contributed by atoms with van der Waals surface area (Å²) < 4.78 is 37.9. The lowest BCUT2D eigenvalue weighted by molar-refractivity contribution is -0.647. The maximum Gasteiger partial charge on any atom is 0.281 e. The number of allylic oxidation sites excluding steroid dienone is 2. The third-order valence-corrected chi connectivity index (χ3v) is 7.61. The number of rotatable bonds is 11. The number of carbonyl (C=O) groups excluding carboxylic acids is 1. The summed E-state index contributed by atoms with van der Waals surface area (Å²) in [4.78, 5) is 21.4. The van der Waals surface area contributed by atoms with Gasteiger partial charge < -0.3 is 19.7 Å². The van der Waals surface area contributed by atoms with Gasteiger partial charge in [-0.2, -0.15) is 0 Å². The van der Waals surface area contributed by atoms with Crippen molar-refractivity contribution in [1.29, 1.82) is 0 Å². The molecule has 1 amide bonds. The van der Waals surface area contributed by atoms with Crippen LogP contribution in [0.1, 0.15) is 28.2 Å². The zero-order valence-corrected chi connectivity index (χ0v) is 23.9. The van der Waals surface area contributed by atoms with Gasteiger partial charge in [-0.3, -0.25) is 9.63 Å². The molecule has 2 N–H and O–H groups in total. The first-order chi connectivity index (χ1) is 19.1. The van der Waals surface area contributed by atoms with Crippen LogP contribution in [0.15, 0.2) is 67.2 Å². The fraction of sp³-hybridized carbons (Fsp3) is 0.286. The van der Waals surface area contributed by atoms with E-state index in [2.05, 4.69) is 17.4 Å². The Bertz CT molecular complexity index is 1610. The number of benzene rings is 2. The van der Waals surface area contributed by atoms with E-state index < -0.39 is 15.9 Å². The summed E-state index contributed by atoms with van der Waals surface area (Å²) >= 11 is 0. The summed E-state index contributed by atoms with van der Waals surface area (Å²) in [5.74, 6) is 1.06. The zero-order chi connectivity index (χ0) is 29.0. The van der Waals surface area contributed by atoms with Crippen LogP contribution < -0.4 is 25.2 Å². The van der Waals surface area contributed by atoms with Crippen LogP contribution in [0.3, 0.4) is 0 Å². The number of carbonyl (C=O) groups is 1. The predicted octanol–water partition coefficient (Wildman–Crippen LogP) is 2.27. The molecule has 0 unspecified atom stereocenters. The molecule has 2 heterocycles. The Morgan fingerprint density at radius 1 is 1.18 bits per heavy atom. The van der Waals surface area contributed by atoms with Gasteiger partial charge in [0.25, 0.3) is 11.7 Å². The minimum absolute atomic E-state index is 0.150. The van der Waals surface area contributed by atoms with Crippen LogP contribution in [0.2, 0.25) is 0 Å². The van der Waals surface area contributed by atoms with Gasteiger partial charge in [0.2, 0.25) is 0 Å². The van der Waals surface area contributed by atoms with Crippen LogP contribution in [-0.4, -0.2) is 49.8 Å². The highest BCUT2D eigenvalue weighted by molar-refractivity contribution is 7.85. The van der Waals surface area contributed by atoms with Crippen LogP contribution in [0.4, 0.5) is 11.4 Å². The maximum atomic E-state index is 12.1. The molecule has 12 heteroatoms. The van der Waals surface area contributed by atoms with Crippen molar-refractivity contribution in [3.8, 4) is 0 Å². The Labute approximate surface area is 234 Å². The second-order valence-corrected chi connectivity index (χ2v) is 10.8. The monoisotopic (exact) mass is 566 g/mol. The Kier molecular flexibility index (Phi) is 8.74. The Morgan fingerprint density at radius 2 is 1.95 bits per heavy atom. The van der Waals surface area contributed by atoms with Crippen LogP contribution in [0, 0.1) is 0 Å². The number of nitrogens with one attached hydrogen (secondary N) is 2. The van der Waals surface area contributed by atoms with Gasteiger partial charge in [0.15, 0.2) is 11.0 Å². The molecular weight excluding hydrogens is 532 g/mol. The summed E-state index contributed by atoms with van der Waals surface area (Å²) in [7, 11) is 2.85. The van der Waals surface area contributed by atoms with Crippen molar-refractivity contribution >= 4 is 44.5 Å². The van der Waals surface area contributed by atoms with E-state index >= 15 is 0 Å². The minimum Gasteiger partial charge on any atom is -0.748 e. The largest absolute Gasteiger partial charge is 0.748 e. The van der Waals surface area contributed by atoms with E-state index in [1.807, 2.05) is 81.6 Å². The molecule has 0 bridgehead atoms. The normalized spacial score (nSPS) is 14.5. The molecule has 0 radical (unpaired) electrons. The number of fused-ring (bicyclic) bond motifs is 2. The lowest BCUT2D eigenvalue weighted by atomic mass is 10.1. The van der Waals surface area contributed by atoms with E-state index in [1.165, 1.54) is 0 Å². The third-order valence-electron chi connectivity index (χ3n) is 6.82. The van der Waals surface area contributed by atoms with E-state index in [-0.39, 0.29) is 12.3 Å². The fourth-order valence-electron chi connectivity index (χ4n) is 4.88. The summed E-state index contributed by atoms with van der Waals surface area (Å²) in [6, 6.07) is 11.5. The highest BCUT2D eigenvalue weighted by atomic mass is 32.2. The summed E-state index contributed by atoms with van der Waals surface area (Å²) in [6.45, 7) is 4.65. The lowest BCUT2D eigenvalue weighted by Gasteiger charge is -2.23. The standard InChI is InChI=1S/C28H34N6O5S/c1-6-33-23-13-11-20(19-39-30-3)17-25(23)34(15-8-16-40(36,37)38)27(33)10-7-9-26-31(4)22-14-12-21(28(35)29-2)18-24(22)32(26)5/h6-7,9-14,17-18,30H,1,8,15-16,19H2,2-5H3,(H-,29,35,36,37,38). The van der Waals surface area contributed by atoms with Crippen molar-refractivity contribution in [1.82, 2.24) is 15.4 Å². The summed E-state index contributed by atoms with van der Waals surface area (Å²) in [5.41, 5.74) is 7.79. The number of aryl methyl sites for hydroxylation is 2. The molecule has 0 atom stereocenters. The molecule has 0 saturated carbocycles. The van der Waals surface area contributed by atoms with Crippen LogP contribution >= 0.6 is 0 Å². The van der Waals surface area contributed by atoms with E-state index in [9.17, 15) is 17.8 Å². The van der Waals surface area contributed by atoms with Gasteiger partial charge in [0, 0.05) is 50.3 Å². The first kappa shape index (κ1) is 29.0. The fourth-order valence-corrected chi connectivity index (χ4v) is 5.37. The first-order valence-corrected chi connectivity index (χ1v) is 14.3. The average molecular weight is 567 g/mol. The molecule has 0 fully saturated rings.